The quantitative estimate of drug-likeness (QED) is 0.674. The molecule has 0 atom stereocenters. The van der Waals surface area contributed by atoms with Gasteiger partial charge in [-0.2, -0.15) is 0 Å². The molecule has 0 unspecified atom stereocenters. The van der Waals surface area contributed by atoms with E-state index in [1.54, 1.807) is 56.3 Å². The van der Waals surface area contributed by atoms with Gasteiger partial charge in [-0.15, -0.1) is 0 Å². The van der Waals surface area contributed by atoms with Crippen LogP contribution in [0.15, 0.2) is 53.2 Å². The summed E-state index contributed by atoms with van der Waals surface area (Å²) in [7, 11) is 0. The third kappa shape index (κ3) is 6.27. The van der Waals surface area contributed by atoms with Crippen LogP contribution in [-0.4, -0.2) is 29.1 Å². The molecule has 25 heavy (non-hydrogen) atoms. The van der Waals surface area contributed by atoms with Crippen molar-refractivity contribution < 1.29 is 19.1 Å². The Morgan fingerprint density at radius 2 is 1.92 bits per heavy atom. The molecule has 0 radical (unpaired) electrons. The highest BCUT2D eigenvalue weighted by molar-refractivity contribution is 6.01. The van der Waals surface area contributed by atoms with Crippen LogP contribution in [0.3, 0.4) is 0 Å². The average molecular weight is 342 g/mol. The molecule has 0 aliphatic carbocycles. The van der Waals surface area contributed by atoms with Crippen molar-refractivity contribution in [2.24, 2.45) is 0 Å². The normalized spacial score (nSPS) is 11.5. The summed E-state index contributed by atoms with van der Waals surface area (Å²) in [4.78, 5) is 23.8. The predicted octanol–water partition coefficient (Wildman–Crippen LogP) is 2.36. The summed E-state index contributed by atoms with van der Waals surface area (Å²) in [6, 6.07) is 10.5. The molecule has 6 heteroatoms. The summed E-state index contributed by atoms with van der Waals surface area (Å²) < 4.78 is 5.11. The van der Waals surface area contributed by atoms with Gasteiger partial charge in [-0.25, -0.2) is 0 Å². The Bertz CT molecular complexity index is 731. The summed E-state index contributed by atoms with van der Waals surface area (Å²) in [5.74, 6) is 0.158. The van der Waals surface area contributed by atoms with Crippen LogP contribution in [0.2, 0.25) is 0 Å². The molecule has 0 aliphatic heterocycles. The number of anilines is 1. The van der Waals surface area contributed by atoms with Crippen molar-refractivity contribution in [3.8, 4) is 0 Å². The second-order valence-electron chi connectivity index (χ2n) is 6.30. The molecule has 0 saturated heterocycles. The molecule has 1 aromatic carbocycles. The maximum Gasteiger partial charge on any atom is 0.248 e. The van der Waals surface area contributed by atoms with E-state index in [0.717, 1.165) is 5.56 Å². The summed E-state index contributed by atoms with van der Waals surface area (Å²) in [6.07, 6.45) is 4.71. The van der Waals surface area contributed by atoms with Crippen molar-refractivity contribution in [3.05, 3.63) is 60.1 Å². The first-order chi connectivity index (χ1) is 11.9. The number of hydrogen-bond donors (Lipinski definition) is 3. The van der Waals surface area contributed by atoms with E-state index in [1.807, 2.05) is 0 Å². The van der Waals surface area contributed by atoms with Crippen molar-refractivity contribution in [3.63, 3.8) is 0 Å². The van der Waals surface area contributed by atoms with Crippen molar-refractivity contribution in [1.29, 1.82) is 0 Å². The third-order valence-electron chi connectivity index (χ3n) is 3.40. The third-order valence-corrected chi connectivity index (χ3v) is 3.40. The van der Waals surface area contributed by atoms with Gasteiger partial charge in [-0.3, -0.25) is 9.59 Å². The van der Waals surface area contributed by atoms with E-state index in [2.05, 4.69) is 10.6 Å². The lowest BCUT2D eigenvalue weighted by molar-refractivity contribution is -0.122. The van der Waals surface area contributed by atoms with Gasteiger partial charge < -0.3 is 20.2 Å². The smallest absolute Gasteiger partial charge is 0.248 e. The van der Waals surface area contributed by atoms with Gasteiger partial charge in [0, 0.05) is 11.8 Å². The standard InChI is InChI=1S/C19H22N2O4/c1-19(2,13-22)21-18(24)12-14-5-7-15(8-6-14)20-17(23)10-9-16-4-3-11-25-16/h3-11,22H,12-13H2,1-2H3,(H,20,23)(H,21,24). The highest BCUT2D eigenvalue weighted by Gasteiger charge is 2.18. The fraction of sp³-hybridized carbons (Fsp3) is 0.263. The van der Waals surface area contributed by atoms with Crippen LogP contribution in [0, 0.1) is 0 Å². The van der Waals surface area contributed by atoms with E-state index in [4.69, 9.17) is 9.52 Å². The number of carbonyl (C=O) groups is 2. The lowest BCUT2D eigenvalue weighted by Gasteiger charge is -2.23. The highest BCUT2D eigenvalue weighted by atomic mass is 16.3. The fourth-order valence-electron chi connectivity index (χ4n) is 2.08. The largest absolute Gasteiger partial charge is 0.465 e. The summed E-state index contributed by atoms with van der Waals surface area (Å²) in [5.41, 5.74) is 0.801. The number of aliphatic hydroxyl groups excluding tert-OH is 1. The number of hydrogen-bond acceptors (Lipinski definition) is 4. The molecule has 6 nitrogen and oxygen atoms in total. The maximum absolute atomic E-state index is 11.9. The van der Waals surface area contributed by atoms with Crippen molar-refractivity contribution in [2.75, 3.05) is 11.9 Å². The lowest BCUT2D eigenvalue weighted by Crippen LogP contribution is -2.46. The van der Waals surface area contributed by atoms with Crippen LogP contribution in [0.25, 0.3) is 6.08 Å². The van der Waals surface area contributed by atoms with Crippen molar-refractivity contribution in [1.82, 2.24) is 5.32 Å². The minimum atomic E-state index is -0.647. The van der Waals surface area contributed by atoms with Crippen LogP contribution in [0.5, 0.6) is 0 Å². The second kappa shape index (κ2) is 8.30. The molecule has 1 aromatic heterocycles. The molecule has 2 rings (SSSR count). The Labute approximate surface area is 146 Å². The van der Waals surface area contributed by atoms with Gasteiger partial charge in [0.05, 0.1) is 24.8 Å². The Balaban J connectivity index is 1.87. The van der Waals surface area contributed by atoms with Gasteiger partial charge >= 0.3 is 0 Å². The first-order valence-electron chi connectivity index (χ1n) is 7.91. The van der Waals surface area contributed by atoms with Gasteiger partial charge in [0.1, 0.15) is 5.76 Å². The van der Waals surface area contributed by atoms with Crippen LogP contribution >= 0.6 is 0 Å². The van der Waals surface area contributed by atoms with Gasteiger partial charge in [-0.1, -0.05) is 12.1 Å². The van der Waals surface area contributed by atoms with E-state index in [9.17, 15) is 9.59 Å². The molecule has 0 saturated carbocycles. The molecule has 132 valence electrons. The molecule has 0 aliphatic rings. The topological polar surface area (TPSA) is 91.6 Å². The van der Waals surface area contributed by atoms with Gasteiger partial charge in [-0.05, 0) is 49.8 Å². The SMILES string of the molecule is CC(C)(CO)NC(=O)Cc1ccc(NC(=O)C=Cc2ccco2)cc1. The molecule has 0 fully saturated rings. The zero-order valence-corrected chi connectivity index (χ0v) is 14.3. The number of furan rings is 1. The van der Waals surface area contributed by atoms with Crippen LogP contribution in [0.4, 0.5) is 5.69 Å². The number of rotatable bonds is 7. The number of aliphatic hydroxyl groups is 1. The van der Waals surface area contributed by atoms with E-state index < -0.39 is 5.54 Å². The Morgan fingerprint density at radius 1 is 1.20 bits per heavy atom. The molecule has 0 spiro atoms. The Kier molecular flexibility index (Phi) is 6.14. The van der Waals surface area contributed by atoms with E-state index in [1.165, 1.54) is 12.3 Å². The number of carbonyl (C=O) groups excluding carboxylic acids is 2. The first-order valence-corrected chi connectivity index (χ1v) is 7.91. The van der Waals surface area contributed by atoms with Gasteiger partial charge in [0.2, 0.25) is 11.8 Å². The average Bonchev–Trinajstić information content (AvgIpc) is 3.08. The summed E-state index contributed by atoms with van der Waals surface area (Å²) in [5, 5.41) is 14.7. The minimum Gasteiger partial charge on any atom is -0.465 e. The molecule has 2 aromatic rings. The zero-order valence-electron chi connectivity index (χ0n) is 14.3. The molecule has 3 N–H and O–H groups in total. The number of nitrogens with one attached hydrogen (secondary N) is 2. The van der Waals surface area contributed by atoms with E-state index in [-0.39, 0.29) is 24.8 Å². The predicted molar refractivity (Wildman–Crippen MR) is 95.8 cm³/mol. The monoisotopic (exact) mass is 342 g/mol. The molecule has 0 bridgehead atoms. The summed E-state index contributed by atoms with van der Waals surface area (Å²) >= 11 is 0. The number of benzene rings is 1. The van der Waals surface area contributed by atoms with Gasteiger partial charge in [0.15, 0.2) is 0 Å². The Morgan fingerprint density at radius 3 is 2.52 bits per heavy atom. The zero-order chi connectivity index (χ0) is 18.3. The van der Waals surface area contributed by atoms with Crippen molar-refractivity contribution >= 4 is 23.6 Å². The summed E-state index contributed by atoms with van der Waals surface area (Å²) in [6.45, 7) is 3.37. The van der Waals surface area contributed by atoms with Crippen molar-refractivity contribution in [2.45, 2.75) is 25.8 Å². The van der Waals surface area contributed by atoms with Crippen LogP contribution < -0.4 is 10.6 Å². The minimum absolute atomic E-state index is 0.130. The highest BCUT2D eigenvalue weighted by Crippen LogP contribution is 2.11. The molecular weight excluding hydrogens is 320 g/mol. The first kappa shape index (κ1) is 18.5. The molecule has 2 amide bonds. The van der Waals surface area contributed by atoms with E-state index >= 15 is 0 Å². The second-order valence-corrected chi connectivity index (χ2v) is 6.30. The molecular formula is C19H22N2O4. The fourth-order valence-corrected chi connectivity index (χ4v) is 2.08. The van der Waals surface area contributed by atoms with E-state index in [0.29, 0.717) is 11.4 Å². The Hall–Kier alpha value is -2.86. The lowest BCUT2D eigenvalue weighted by atomic mass is 10.1. The van der Waals surface area contributed by atoms with Crippen LogP contribution in [-0.2, 0) is 16.0 Å². The number of amides is 2. The maximum atomic E-state index is 11.9. The van der Waals surface area contributed by atoms with Crippen LogP contribution in [0.1, 0.15) is 25.2 Å². The molecule has 1 heterocycles. The van der Waals surface area contributed by atoms with Gasteiger partial charge in [0.25, 0.3) is 0 Å².